The lowest BCUT2D eigenvalue weighted by atomic mass is 10.1. The lowest BCUT2D eigenvalue weighted by Gasteiger charge is -2.18. The smallest absolute Gasteiger partial charge is 0.306 e. The number of unbranched alkanes of at least 4 members (excludes halogenated alkanes) is 11. The van der Waals surface area contributed by atoms with E-state index in [1.807, 2.05) is 85.1 Å². The highest BCUT2D eigenvalue weighted by Gasteiger charge is 2.19. The summed E-state index contributed by atoms with van der Waals surface area (Å²) in [7, 11) is 0. The first kappa shape index (κ1) is 54.3. The molecule has 0 aromatic carbocycles. The number of hydrogen-bond acceptors (Lipinski definition) is 6. The lowest BCUT2D eigenvalue weighted by Crippen LogP contribution is -2.30. The molecule has 59 heavy (non-hydrogen) atoms. The summed E-state index contributed by atoms with van der Waals surface area (Å²) in [6.45, 7) is 6.07. The van der Waals surface area contributed by atoms with E-state index in [0.717, 1.165) is 96.3 Å². The second-order valence-electron chi connectivity index (χ2n) is 14.1. The third-order valence-corrected chi connectivity index (χ3v) is 8.60. The molecule has 0 saturated carbocycles. The molecule has 1 atom stereocenters. The maximum Gasteiger partial charge on any atom is 0.306 e. The van der Waals surface area contributed by atoms with Crippen molar-refractivity contribution in [3.8, 4) is 0 Å². The summed E-state index contributed by atoms with van der Waals surface area (Å²) >= 11 is 0. The highest BCUT2D eigenvalue weighted by atomic mass is 16.6. The van der Waals surface area contributed by atoms with Gasteiger partial charge in [-0.15, -0.1) is 0 Å². The van der Waals surface area contributed by atoms with Gasteiger partial charge in [0.15, 0.2) is 6.10 Å². The van der Waals surface area contributed by atoms with Crippen molar-refractivity contribution in [2.45, 2.75) is 155 Å². The molecule has 0 aromatic rings. The standard InChI is InChI=1S/C53H78O6/c1-4-7-10-13-16-19-22-25-26-29-31-34-37-40-43-46-52(55)58-49-50(59-53(56)47-44-41-38-35-32-28-24-21-18-15-12-9-6-3)48-57-51(54)45-42-39-36-33-30-27-23-20-17-14-11-8-5-2/h7-26,28,32,35,38,50H,4-6,27,29-31,33-34,36-37,39-49H2,1-3H3/b10-7+,11-8+,12-9+,16-13+,17-14+,18-15+,22-19+,23-20+,24-21+,26-25+,32-28+,38-35+. The topological polar surface area (TPSA) is 78.9 Å². The van der Waals surface area contributed by atoms with Crippen LogP contribution in [0.4, 0.5) is 0 Å². The summed E-state index contributed by atoms with van der Waals surface area (Å²) in [5.74, 6) is -1.07. The van der Waals surface area contributed by atoms with E-state index in [4.69, 9.17) is 14.2 Å². The minimum atomic E-state index is -0.838. The summed E-state index contributed by atoms with van der Waals surface area (Å²) in [5.41, 5.74) is 0. The van der Waals surface area contributed by atoms with E-state index < -0.39 is 12.1 Å². The number of allylic oxidation sites excluding steroid dienone is 24. The molecule has 0 radical (unpaired) electrons. The van der Waals surface area contributed by atoms with Crippen molar-refractivity contribution in [3.05, 3.63) is 146 Å². The van der Waals surface area contributed by atoms with Crippen molar-refractivity contribution >= 4 is 17.9 Å². The van der Waals surface area contributed by atoms with Gasteiger partial charge in [0.2, 0.25) is 0 Å². The van der Waals surface area contributed by atoms with E-state index in [1.54, 1.807) is 0 Å². The average Bonchev–Trinajstić information content (AvgIpc) is 3.23. The van der Waals surface area contributed by atoms with Crippen LogP contribution in [0.2, 0.25) is 0 Å². The summed E-state index contributed by atoms with van der Waals surface area (Å²) in [4.78, 5) is 37.8. The van der Waals surface area contributed by atoms with Crippen molar-refractivity contribution in [3.63, 3.8) is 0 Å². The van der Waals surface area contributed by atoms with Gasteiger partial charge in [-0.3, -0.25) is 14.4 Å². The molecule has 0 aliphatic carbocycles. The summed E-state index contributed by atoms with van der Waals surface area (Å²) in [6.07, 6.45) is 65.5. The fourth-order valence-electron chi connectivity index (χ4n) is 5.30. The molecule has 0 rings (SSSR count). The SMILES string of the molecule is CC/C=C/C=C/C=C/C=C/C=C/CCCC(=O)OC(COC(=O)CCCCCCC/C=C/C=C/C=C/C=C/CC)COC(=O)CCCCCCC/C=C/C=C/C=C/CC. The molecule has 0 fully saturated rings. The number of rotatable bonds is 37. The molecule has 0 aliphatic heterocycles. The number of carbonyl (C=O) groups is 3. The minimum Gasteiger partial charge on any atom is -0.462 e. The van der Waals surface area contributed by atoms with Crippen molar-refractivity contribution in [1.82, 2.24) is 0 Å². The molecule has 0 heterocycles. The van der Waals surface area contributed by atoms with Gasteiger partial charge in [0.05, 0.1) is 0 Å². The molecule has 0 saturated heterocycles. The number of ether oxygens (including phenoxy) is 3. The molecule has 6 nitrogen and oxygen atoms in total. The molecule has 0 aromatic heterocycles. The maximum atomic E-state index is 12.7. The van der Waals surface area contributed by atoms with Gasteiger partial charge in [-0.25, -0.2) is 0 Å². The van der Waals surface area contributed by atoms with Crippen molar-refractivity contribution in [2.24, 2.45) is 0 Å². The minimum absolute atomic E-state index is 0.133. The van der Waals surface area contributed by atoms with Crippen LogP contribution in [-0.4, -0.2) is 37.2 Å². The fraction of sp³-hybridized carbons (Fsp3) is 0.491. The number of hydrogen-bond donors (Lipinski definition) is 0. The van der Waals surface area contributed by atoms with Crippen LogP contribution < -0.4 is 0 Å². The molecule has 1 unspecified atom stereocenters. The fourth-order valence-corrected chi connectivity index (χ4v) is 5.30. The first-order valence-electron chi connectivity index (χ1n) is 22.5. The monoisotopic (exact) mass is 811 g/mol. The van der Waals surface area contributed by atoms with E-state index in [9.17, 15) is 14.4 Å². The maximum absolute atomic E-state index is 12.7. The second-order valence-corrected chi connectivity index (χ2v) is 14.1. The Morgan fingerprint density at radius 2 is 0.627 bits per heavy atom. The zero-order chi connectivity index (χ0) is 43.0. The Hall–Kier alpha value is -4.71. The first-order valence-corrected chi connectivity index (χ1v) is 22.5. The van der Waals surface area contributed by atoms with E-state index in [1.165, 1.54) is 0 Å². The van der Waals surface area contributed by atoms with Crippen LogP contribution in [-0.2, 0) is 28.6 Å². The highest BCUT2D eigenvalue weighted by Crippen LogP contribution is 2.11. The Bertz CT molecular complexity index is 1390. The van der Waals surface area contributed by atoms with E-state index >= 15 is 0 Å². The molecular weight excluding hydrogens is 733 g/mol. The van der Waals surface area contributed by atoms with Gasteiger partial charge in [0.25, 0.3) is 0 Å². The summed E-state index contributed by atoms with van der Waals surface area (Å²) < 4.78 is 16.6. The average molecular weight is 811 g/mol. The molecule has 0 N–H and O–H groups in total. The Morgan fingerprint density at radius 3 is 1.00 bits per heavy atom. The highest BCUT2D eigenvalue weighted by molar-refractivity contribution is 5.71. The Labute approximate surface area is 359 Å². The first-order chi connectivity index (χ1) is 29.0. The number of carbonyl (C=O) groups excluding carboxylic acids is 3. The van der Waals surface area contributed by atoms with Crippen LogP contribution in [0.15, 0.2) is 146 Å². The molecule has 326 valence electrons. The van der Waals surface area contributed by atoms with Crippen LogP contribution in [0.5, 0.6) is 0 Å². The summed E-state index contributed by atoms with van der Waals surface area (Å²) in [6, 6.07) is 0. The predicted octanol–water partition coefficient (Wildman–Crippen LogP) is 14.5. The van der Waals surface area contributed by atoms with E-state index in [-0.39, 0.29) is 31.6 Å². The zero-order valence-corrected chi connectivity index (χ0v) is 36.9. The number of esters is 3. The molecule has 0 amide bonds. The third kappa shape index (κ3) is 44.2. The molecule has 6 heteroatoms. The second kappa shape index (κ2) is 46.0. The Balaban J connectivity index is 4.61. The largest absolute Gasteiger partial charge is 0.462 e. The van der Waals surface area contributed by atoms with E-state index in [2.05, 4.69) is 81.5 Å². The van der Waals surface area contributed by atoms with Crippen molar-refractivity contribution in [2.75, 3.05) is 13.2 Å². The van der Waals surface area contributed by atoms with Gasteiger partial charge in [-0.05, 0) is 70.6 Å². The van der Waals surface area contributed by atoms with Crippen LogP contribution in [0.3, 0.4) is 0 Å². The van der Waals surface area contributed by atoms with E-state index in [0.29, 0.717) is 25.7 Å². The Kier molecular flexibility index (Phi) is 42.3. The van der Waals surface area contributed by atoms with Gasteiger partial charge in [-0.2, -0.15) is 0 Å². The van der Waals surface area contributed by atoms with Crippen molar-refractivity contribution < 1.29 is 28.6 Å². The molecule has 0 aliphatic rings. The molecule has 0 spiro atoms. The van der Waals surface area contributed by atoms with Crippen LogP contribution in [0.25, 0.3) is 0 Å². The van der Waals surface area contributed by atoms with Gasteiger partial charge in [-0.1, -0.05) is 205 Å². The van der Waals surface area contributed by atoms with Crippen LogP contribution in [0.1, 0.15) is 149 Å². The van der Waals surface area contributed by atoms with Crippen LogP contribution >= 0.6 is 0 Å². The van der Waals surface area contributed by atoms with Crippen LogP contribution in [0, 0.1) is 0 Å². The summed E-state index contributed by atoms with van der Waals surface area (Å²) in [5, 5.41) is 0. The molecular formula is C53H78O6. The van der Waals surface area contributed by atoms with Gasteiger partial charge in [0, 0.05) is 19.3 Å². The zero-order valence-electron chi connectivity index (χ0n) is 36.9. The third-order valence-electron chi connectivity index (χ3n) is 8.60. The lowest BCUT2D eigenvalue weighted by molar-refractivity contribution is -0.167. The van der Waals surface area contributed by atoms with Crippen molar-refractivity contribution in [1.29, 1.82) is 0 Å². The predicted molar refractivity (Wildman–Crippen MR) is 251 cm³/mol. The Morgan fingerprint density at radius 1 is 0.339 bits per heavy atom. The van der Waals surface area contributed by atoms with Gasteiger partial charge >= 0.3 is 17.9 Å². The van der Waals surface area contributed by atoms with Gasteiger partial charge in [0.1, 0.15) is 13.2 Å². The normalized spacial score (nSPS) is 13.5. The van der Waals surface area contributed by atoms with Gasteiger partial charge < -0.3 is 14.2 Å². The molecule has 0 bridgehead atoms. The quantitative estimate of drug-likeness (QED) is 0.0269.